The Morgan fingerprint density at radius 2 is 0.929 bits per heavy atom. The van der Waals surface area contributed by atoms with Crippen LogP contribution in [0, 0.1) is 0 Å². The van der Waals surface area contributed by atoms with E-state index in [0.29, 0.717) is 0 Å². The Labute approximate surface area is 164 Å². The van der Waals surface area contributed by atoms with Crippen LogP contribution >= 0.6 is 0 Å². The van der Waals surface area contributed by atoms with Crippen LogP contribution < -0.4 is 0 Å². The maximum atomic E-state index is 4.64. The lowest BCUT2D eigenvalue weighted by molar-refractivity contribution is 0.714. The standard InChI is InChI=1S/C26H20N2/c1-4-12-20(13-5-1)26(21-14-6-2-7-15-21,22-16-8-3-9-17-22)25-23-18-10-11-19-24(23)27-28-25/h1-19H,(H,27,28). The maximum Gasteiger partial charge on any atom is 0.0924 e. The minimum Gasteiger partial charge on any atom is -0.280 e. The zero-order valence-corrected chi connectivity index (χ0v) is 15.4. The van der Waals surface area contributed by atoms with Gasteiger partial charge in [-0.05, 0) is 22.8 Å². The first-order valence-electron chi connectivity index (χ1n) is 9.51. The summed E-state index contributed by atoms with van der Waals surface area (Å²) in [7, 11) is 0. The first kappa shape index (κ1) is 16.5. The number of hydrogen-bond donors (Lipinski definition) is 1. The molecular formula is C26H20N2. The van der Waals surface area contributed by atoms with Crippen LogP contribution in [0.5, 0.6) is 0 Å². The average Bonchev–Trinajstić information content (AvgIpc) is 3.21. The molecule has 4 aromatic carbocycles. The summed E-state index contributed by atoms with van der Waals surface area (Å²) in [6.07, 6.45) is 0. The fourth-order valence-electron chi connectivity index (χ4n) is 4.24. The third-order valence-electron chi connectivity index (χ3n) is 5.46. The van der Waals surface area contributed by atoms with Crippen molar-refractivity contribution in [2.24, 2.45) is 0 Å². The molecule has 0 aliphatic heterocycles. The Hall–Kier alpha value is -3.65. The fraction of sp³-hybridized carbons (Fsp3) is 0.0385. The number of rotatable bonds is 4. The normalized spacial score (nSPS) is 11.6. The third-order valence-corrected chi connectivity index (χ3v) is 5.46. The van der Waals surface area contributed by atoms with Crippen molar-refractivity contribution in [3.8, 4) is 0 Å². The molecule has 0 amide bonds. The zero-order chi connectivity index (χ0) is 18.8. The highest BCUT2D eigenvalue weighted by Crippen LogP contribution is 2.46. The number of nitrogens with zero attached hydrogens (tertiary/aromatic N) is 1. The van der Waals surface area contributed by atoms with Gasteiger partial charge in [0.25, 0.3) is 0 Å². The van der Waals surface area contributed by atoms with Gasteiger partial charge in [0.2, 0.25) is 0 Å². The summed E-state index contributed by atoms with van der Waals surface area (Å²) in [6, 6.07) is 40.4. The highest BCUT2D eigenvalue weighted by molar-refractivity contribution is 5.85. The molecule has 1 N–H and O–H groups in total. The lowest BCUT2D eigenvalue weighted by Gasteiger charge is -2.35. The molecule has 5 aromatic rings. The van der Waals surface area contributed by atoms with Crippen molar-refractivity contribution in [1.29, 1.82) is 0 Å². The van der Waals surface area contributed by atoms with Crippen LogP contribution in [0.15, 0.2) is 115 Å². The number of hydrogen-bond acceptors (Lipinski definition) is 1. The van der Waals surface area contributed by atoms with Crippen molar-refractivity contribution in [3.05, 3.63) is 138 Å². The Morgan fingerprint density at radius 1 is 0.500 bits per heavy atom. The molecule has 1 aromatic heterocycles. The van der Waals surface area contributed by atoms with Gasteiger partial charge >= 0.3 is 0 Å². The second-order valence-corrected chi connectivity index (χ2v) is 6.96. The summed E-state index contributed by atoms with van der Waals surface area (Å²) in [6.45, 7) is 0. The van der Waals surface area contributed by atoms with Gasteiger partial charge < -0.3 is 0 Å². The van der Waals surface area contributed by atoms with Crippen molar-refractivity contribution in [2.75, 3.05) is 0 Å². The molecular weight excluding hydrogens is 340 g/mol. The summed E-state index contributed by atoms with van der Waals surface area (Å²) in [5.41, 5.74) is 5.21. The summed E-state index contributed by atoms with van der Waals surface area (Å²) < 4.78 is 0. The van der Waals surface area contributed by atoms with E-state index < -0.39 is 5.41 Å². The van der Waals surface area contributed by atoms with Gasteiger partial charge in [0, 0.05) is 5.39 Å². The van der Waals surface area contributed by atoms with Crippen molar-refractivity contribution < 1.29 is 0 Å². The van der Waals surface area contributed by atoms with E-state index in [1.165, 1.54) is 16.7 Å². The number of aromatic nitrogens is 2. The van der Waals surface area contributed by atoms with E-state index in [0.717, 1.165) is 16.6 Å². The van der Waals surface area contributed by atoms with Crippen molar-refractivity contribution in [3.63, 3.8) is 0 Å². The molecule has 1 heterocycles. The molecule has 0 unspecified atom stereocenters. The molecule has 2 nitrogen and oxygen atoms in total. The summed E-state index contributed by atoms with van der Waals surface area (Å²) in [5, 5.41) is 9.17. The van der Waals surface area contributed by atoms with Gasteiger partial charge in [-0.25, -0.2) is 0 Å². The van der Waals surface area contributed by atoms with Crippen LogP contribution in [0.2, 0.25) is 0 Å². The van der Waals surface area contributed by atoms with Crippen LogP contribution in [0.25, 0.3) is 10.9 Å². The Balaban J connectivity index is 1.96. The molecule has 134 valence electrons. The Morgan fingerprint density at radius 3 is 1.43 bits per heavy atom. The van der Waals surface area contributed by atoms with Gasteiger partial charge in [-0.2, -0.15) is 5.10 Å². The van der Waals surface area contributed by atoms with E-state index >= 15 is 0 Å². The number of H-pyrrole nitrogens is 1. The first-order valence-corrected chi connectivity index (χ1v) is 9.51. The highest BCUT2D eigenvalue weighted by atomic mass is 15.1. The molecule has 0 saturated carbocycles. The van der Waals surface area contributed by atoms with Crippen LogP contribution in [0.4, 0.5) is 0 Å². The summed E-state index contributed by atoms with van der Waals surface area (Å²) in [5.74, 6) is 0. The minimum absolute atomic E-state index is 0.486. The molecule has 0 bridgehead atoms. The largest absolute Gasteiger partial charge is 0.280 e. The lowest BCUT2D eigenvalue weighted by Crippen LogP contribution is -2.31. The zero-order valence-electron chi connectivity index (χ0n) is 15.4. The monoisotopic (exact) mass is 360 g/mol. The van der Waals surface area contributed by atoms with Crippen LogP contribution in [-0.4, -0.2) is 10.2 Å². The van der Waals surface area contributed by atoms with E-state index in [1.54, 1.807) is 0 Å². The van der Waals surface area contributed by atoms with Gasteiger partial charge in [-0.15, -0.1) is 0 Å². The van der Waals surface area contributed by atoms with E-state index in [1.807, 2.05) is 6.07 Å². The predicted molar refractivity (Wildman–Crippen MR) is 114 cm³/mol. The molecule has 0 aliphatic rings. The Kier molecular flexibility index (Phi) is 4.02. The van der Waals surface area contributed by atoms with Crippen molar-refractivity contribution >= 4 is 10.9 Å². The van der Waals surface area contributed by atoms with E-state index in [4.69, 9.17) is 0 Å². The van der Waals surface area contributed by atoms with Gasteiger partial charge in [-0.3, -0.25) is 5.10 Å². The predicted octanol–water partition coefficient (Wildman–Crippen LogP) is 5.95. The molecule has 2 heteroatoms. The van der Waals surface area contributed by atoms with E-state index in [2.05, 4.69) is 119 Å². The van der Waals surface area contributed by atoms with Crippen LogP contribution in [0.1, 0.15) is 22.4 Å². The van der Waals surface area contributed by atoms with Crippen LogP contribution in [0.3, 0.4) is 0 Å². The highest BCUT2D eigenvalue weighted by Gasteiger charge is 2.40. The number of para-hydroxylation sites is 1. The number of fused-ring (bicyclic) bond motifs is 1. The number of nitrogens with one attached hydrogen (secondary N) is 1. The van der Waals surface area contributed by atoms with E-state index in [9.17, 15) is 0 Å². The SMILES string of the molecule is c1ccc(C(c2ccccc2)(c2ccccc2)c2[nH]nc3ccccc23)cc1. The van der Waals surface area contributed by atoms with Gasteiger partial charge in [0.15, 0.2) is 0 Å². The molecule has 0 aliphatic carbocycles. The van der Waals surface area contributed by atoms with Gasteiger partial charge in [0.1, 0.15) is 0 Å². The third kappa shape index (κ3) is 2.46. The molecule has 0 spiro atoms. The maximum absolute atomic E-state index is 4.64. The molecule has 0 radical (unpaired) electrons. The molecule has 5 rings (SSSR count). The van der Waals surface area contributed by atoms with Gasteiger partial charge in [0.05, 0.1) is 16.6 Å². The first-order chi connectivity index (χ1) is 13.9. The second kappa shape index (κ2) is 6.82. The minimum atomic E-state index is -0.486. The Bertz CT molecular complexity index is 1100. The molecule has 0 atom stereocenters. The topological polar surface area (TPSA) is 28.7 Å². The lowest BCUT2D eigenvalue weighted by atomic mass is 9.66. The van der Waals surface area contributed by atoms with E-state index in [-0.39, 0.29) is 0 Å². The van der Waals surface area contributed by atoms with Crippen molar-refractivity contribution in [1.82, 2.24) is 10.2 Å². The molecule has 28 heavy (non-hydrogen) atoms. The summed E-state index contributed by atoms with van der Waals surface area (Å²) >= 11 is 0. The van der Waals surface area contributed by atoms with Crippen LogP contribution in [-0.2, 0) is 5.41 Å². The van der Waals surface area contributed by atoms with Gasteiger partial charge in [-0.1, -0.05) is 109 Å². The summed E-state index contributed by atoms with van der Waals surface area (Å²) in [4.78, 5) is 0. The molecule has 0 saturated heterocycles. The fourth-order valence-corrected chi connectivity index (χ4v) is 4.24. The number of aromatic amines is 1. The smallest absolute Gasteiger partial charge is 0.0924 e. The number of benzene rings is 4. The second-order valence-electron chi connectivity index (χ2n) is 6.96. The quantitative estimate of drug-likeness (QED) is 0.394. The average molecular weight is 360 g/mol. The molecule has 0 fully saturated rings. The van der Waals surface area contributed by atoms with Crippen molar-refractivity contribution in [2.45, 2.75) is 5.41 Å².